The number of methoxy groups -OCH3 is 1. The van der Waals surface area contributed by atoms with E-state index in [2.05, 4.69) is 11.0 Å². The Kier molecular flexibility index (Phi) is 4.62. The minimum absolute atomic E-state index is 0.0674. The molecule has 6 heteroatoms. The van der Waals surface area contributed by atoms with Crippen LogP contribution in [-0.4, -0.2) is 55.3 Å². The number of likely N-dealkylation sites (tertiary alicyclic amines) is 1. The second-order valence-corrected chi connectivity index (χ2v) is 7.65. The summed E-state index contributed by atoms with van der Waals surface area (Å²) in [6.45, 7) is 7.00. The molecule has 1 saturated heterocycles. The molecule has 0 saturated carbocycles. The fraction of sp³-hybridized carbons (Fsp3) is 0.579. The summed E-state index contributed by atoms with van der Waals surface area (Å²) in [5.74, 6) is 0.0457. The molecule has 0 aliphatic carbocycles. The van der Waals surface area contributed by atoms with Crippen LogP contribution in [-0.2, 0) is 14.3 Å². The number of hydrogen-bond donors (Lipinski definition) is 0. The zero-order valence-electron chi connectivity index (χ0n) is 15.3. The van der Waals surface area contributed by atoms with E-state index in [9.17, 15) is 9.59 Å². The summed E-state index contributed by atoms with van der Waals surface area (Å²) >= 11 is 0. The third kappa shape index (κ3) is 3.57. The van der Waals surface area contributed by atoms with Gasteiger partial charge in [0.1, 0.15) is 12.1 Å². The average Bonchev–Trinajstić information content (AvgIpc) is 2.87. The number of amides is 1. The number of ether oxygens (including phenoxy) is 2. The number of carbonyl (C=O) groups excluding carboxylic acids is 2. The zero-order valence-corrected chi connectivity index (χ0v) is 15.3. The fourth-order valence-corrected chi connectivity index (χ4v) is 3.75. The fourth-order valence-electron chi connectivity index (χ4n) is 3.75. The first-order chi connectivity index (χ1) is 11.8. The number of hydrogen-bond acceptors (Lipinski definition) is 5. The van der Waals surface area contributed by atoms with Gasteiger partial charge in [-0.25, -0.2) is 4.79 Å². The monoisotopic (exact) mass is 346 g/mol. The normalized spacial score (nSPS) is 22.2. The van der Waals surface area contributed by atoms with Crippen LogP contribution >= 0.6 is 0 Å². The van der Waals surface area contributed by atoms with E-state index in [1.54, 1.807) is 4.90 Å². The highest BCUT2D eigenvalue weighted by Crippen LogP contribution is 2.44. The standard InChI is InChI=1S/C19H26N2O4/c1-19(2,3)25-18(23)20-10-9-14-13-7-5-6-8-15(13)21(16(14)11-20)12-17(22)24-4/h5-8,14,16H,9-12H2,1-4H3. The van der Waals surface area contributed by atoms with Crippen LogP contribution in [0.5, 0.6) is 0 Å². The lowest BCUT2D eigenvalue weighted by Gasteiger charge is -2.39. The van der Waals surface area contributed by atoms with Crippen molar-refractivity contribution in [3.05, 3.63) is 29.8 Å². The number of carbonyl (C=O) groups is 2. The summed E-state index contributed by atoms with van der Waals surface area (Å²) in [5.41, 5.74) is 1.80. The largest absolute Gasteiger partial charge is 0.468 e. The van der Waals surface area contributed by atoms with Crippen LogP contribution in [0.15, 0.2) is 24.3 Å². The highest BCUT2D eigenvalue weighted by Gasteiger charge is 2.44. The molecule has 25 heavy (non-hydrogen) atoms. The minimum Gasteiger partial charge on any atom is -0.468 e. The van der Waals surface area contributed by atoms with Gasteiger partial charge in [0.15, 0.2) is 0 Å². The van der Waals surface area contributed by atoms with Gasteiger partial charge in [0, 0.05) is 24.7 Å². The van der Waals surface area contributed by atoms with E-state index >= 15 is 0 Å². The van der Waals surface area contributed by atoms with Gasteiger partial charge >= 0.3 is 12.1 Å². The van der Waals surface area contributed by atoms with Crippen LogP contribution in [0.3, 0.4) is 0 Å². The number of para-hydroxylation sites is 1. The summed E-state index contributed by atoms with van der Waals surface area (Å²) in [5, 5.41) is 0. The first-order valence-corrected chi connectivity index (χ1v) is 8.70. The van der Waals surface area contributed by atoms with Gasteiger partial charge in [-0.1, -0.05) is 18.2 Å². The number of piperidine rings is 1. The molecular weight excluding hydrogens is 320 g/mol. The molecule has 2 aliphatic rings. The summed E-state index contributed by atoms with van der Waals surface area (Å²) in [6, 6.07) is 8.23. The van der Waals surface area contributed by atoms with Crippen molar-refractivity contribution in [3.8, 4) is 0 Å². The third-order valence-electron chi connectivity index (χ3n) is 4.81. The molecule has 3 rings (SSSR count). The third-order valence-corrected chi connectivity index (χ3v) is 4.81. The van der Waals surface area contributed by atoms with E-state index < -0.39 is 5.60 Å². The molecule has 2 unspecified atom stereocenters. The smallest absolute Gasteiger partial charge is 0.410 e. The molecule has 0 aromatic heterocycles. The molecular formula is C19H26N2O4. The van der Waals surface area contributed by atoms with Crippen LogP contribution in [0.2, 0.25) is 0 Å². The van der Waals surface area contributed by atoms with Crippen LogP contribution in [0.4, 0.5) is 10.5 Å². The van der Waals surface area contributed by atoms with Crippen molar-refractivity contribution in [1.82, 2.24) is 4.90 Å². The van der Waals surface area contributed by atoms with E-state index in [1.165, 1.54) is 12.7 Å². The number of fused-ring (bicyclic) bond motifs is 3. The quantitative estimate of drug-likeness (QED) is 0.771. The minimum atomic E-state index is -0.516. The highest BCUT2D eigenvalue weighted by molar-refractivity contribution is 5.78. The molecule has 0 spiro atoms. The second kappa shape index (κ2) is 6.58. The molecule has 0 bridgehead atoms. The molecule has 6 nitrogen and oxygen atoms in total. The Labute approximate surface area is 148 Å². The predicted molar refractivity (Wildman–Crippen MR) is 94.8 cm³/mol. The molecule has 2 heterocycles. The lowest BCUT2D eigenvalue weighted by atomic mass is 9.88. The lowest BCUT2D eigenvalue weighted by Crippen LogP contribution is -2.52. The number of anilines is 1. The summed E-state index contributed by atoms with van der Waals surface area (Å²) in [4.78, 5) is 28.2. The molecule has 136 valence electrons. The van der Waals surface area contributed by atoms with Gasteiger partial charge < -0.3 is 19.3 Å². The van der Waals surface area contributed by atoms with Crippen molar-refractivity contribution in [3.63, 3.8) is 0 Å². The van der Waals surface area contributed by atoms with Crippen molar-refractivity contribution in [2.24, 2.45) is 0 Å². The van der Waals surface area contributed by atoms with Gasteiger partial charge in [-0.05, 0) is 38.8 Å². The lowest BCUT2D eigenvalue weighted by molar-refractivity contribution is -0.139. The number of esters is 1. The first-order valence-electron chi connectivity index (χ1n) is 8.70. The zero-order chi connectivity index (χ0) is 18.2. The van der Waals surface area contributed by atoms with Crippen molar-refractivity contribution in [2.75, 3.05) is 31.6 Å². The molecule has 1 aromatic rings. The molecule has 0 N–H and O–H groups in total. The molecule has 1 aromatic carbocycles. The Morgan fingerprint density at radius 3 is 2.64 bits per heavy atom. The summed E-state index contributed by atoms with van der Waals surface area (Å²) < 4.78 is 10.4. The van der Waals surface area contributed by atoms with E-state index in [4.69, 9.17) is 9.47 Å². The van der Waals surface area contributed by atoms with E-state index in [0.717, 1.165) is 12.1 Å². The Bertz CT molecular complexity index is 668. The molecule has 0 radical (unpaired) electrons. The first kappa shape index (κ1) is 17.6. The maximum absolute atomic E-state index is 12.5. The Hall–Kier alpha value is -2.24. The second-order valence-electron chi connectivity index (χ2n) is 7.65. The summed E-state index contributed by atoms with van der Waals surface area (Å²) in [6.07, 6.45) is 0.568. The van der Waals surface area contributed by atoms with Crippen LogP contribution < -0.4 is 4.90 Å². The van der Waals surface area contributed by atoms with Crippen LogP contribution in [0.1, 0.15) is 38.7 Å². The van der Waals surface area contributed by atoms with Crippen molar-refractivity contribution in [1.29, 1.82) is 0 Å². The Morgan fingerprint density at radius 1 is 1.24 bits per heavy atom. The molecule has 1 amide bonds. The highest BCUT2D eigenvalue weighted by atomic mass is 16.6. The predicted octanol–water partition coefficient (Wildman–Crippen LogP) is 2.77. The van der Waals surface area contributed by atoms with Gasteiger partial charge in [0.25, 0.3) is 0 Å². The van der Waals surface area contributed by atoms with Gasteiger partial charge in [0.05, 0.1) is 13.2 Å². The number of benzene rings is 1. The van der Waals surface area contributed by atoms with Gasteiger partial charge in [-0.15, -0.1) is 0 Å². The molecule has 1 fully saturated rings. The maximum Gasteiger partial charge on any atom is 0.410 e. The van der Waals surface area contributed by atoms with Crippen molar-refractivity contribution < 1.29 is 19.1 Å². The molecule has 2 aliphatic heterocycles. The van der Waals surface area contributed by atoms with Crippen molar-refractivity contribution >= 4 is 17.7 Å². The SMILES string of the molecule is COC(=O)CN1c2ccccc2C2CCN(C(=O)OC(C)(C)C)CC21. The van der Waals surface area contributed by atoms with Crippen LogP contribution in [0, 0.1) is 0 Å². The van der Waals surface area contributed by atoms with E-state index in [-0.39, 0.29) is 24.6 Å². The maximum atomic E-state index is 12.5. The Balaban J connectivity index is 1.81. The van der Waals surface area contributed by atoms with Gasteiger partial charge in [0.2, 0.25) is 0 Å². The summed E-state index contributed by atoms with van der Waals surface area (Å²) in [7, 11) is 1.40. The number of rotatable bonds is 2. The van der Waals surface area contributed by atoms with E-state index in [0.29, 0.717) is 19.0 Å². The average molecular weight is 346 g/mol. The topological polar surface area (TPSA) is 59.1 Å². The van der Waals surface area contributed by atoms with Gasteiger partial charge in [-0.3, -0.25) is 4.79 Å². The number of nitrogens with zero attached hydrogens (tertiary/aromatic N) is 2. The van der Waals surface area contributed by atoms with Crippen LogP contribution in [0.25, 0.3) is 0 Å². The van der Waals surface area contributed by atoms with Crippen molar-refractivity contribution in [2.45, 2.75) is 44.8 Å². The Morgan fingerprint density at radius 2 is 1.96 bits per heavy atom. The van der Waals surface area contributed by atoms with Gasteiger partial charge in [-0.2, -0.15) is 0 Å². The molecule has 2 atom stereocenters. The van der Waals surface area contributed by atoms with E-state index in [1.807, 2.05) is 39.0 Å².